The molecule has 0 spiro atoms. The zero-order valence-corrected chi connectivity index (χ0v) is 22.9. The molecule has 2 aromatic rings. The molecule has 200 valence electrons. The molecule has 9 nitrogen and oxygen atoms in total. The minimum absolute atomic E-state index is 0.0434. The molecule has 0 aliphatic carbocycles. The van der Waals surface area contributed by atoms with Crippen LogP contribution < -0.4 is 5.32 Å². The molecule has 1 heterocycles. The number of anilines is 1. The second-order valence-corrected chi connectivity index (χ2v) is 11.9. The summed E-state index contributed by atoms with van der Waals surface area (Å²) in [5.74, 6) is 0.322. The predicted octanol–water partition coefficient (Wildman–Crippen LogP) is 4.91. The Kier molecular flexibility index (Phi) is 9.65. The molecule has 2 aromatic carbocycles. The highest BCUT2D eigenvalue weighted by Crippen LogP contribution is 2.33. The molecule has 10 heteroatoms. The van der Waals surface area contributed by atoms with Crippen LogP contribution in [-0.4, -0.2) is 54.8 Å². The minimum Gasteiger partial charge on any atom is -0.383 e. The van der Waals surface area contributed by atoms with Gasteiger partial charge in [0.15, 0.2) is 0 Å². The van der Waals surface area contributed by atoms with Crippen LogP contribution in [0.1, 0.15) is 56.7 Å². The Morgan fingerprint density at radius 1 is 1.30 bits per heavy atom. The third kappa shape index (κ3) is 7.06. The number of hydrogen-bond donors (Lipinski definition) is 1. The summed E-state index contributed by atoms with van der Waals surface area (Å²) < 4.78 is 29.5. The Bertz CT molecular complexity index is 1260. The van der Waals surface area contributed by atoms with E-state index in [4.69, 9.17) is 0 Å². The Balaban J connectivity index is 1.97. The van der Waals surface area contributed by atoms with Crippen molar-refractivity contribution < 1.29 is 13.3 Å². The molecular formula is C27H37N5O4S. The quantitative estimate of drug-likeness (QED) is 0.308. The van der Waals surface area contributed by atoms with Crippen molar-refractivity contribution in [1.29, 1.82) is 5.26 Å². The number of benzene rings is 2. The van der Waals surface area contributed by atoms with E-state index in [-0.39, 0.29) is 22.8 Å². The van der Waals surface area contributed by atoms with Crippen LogP contribution in [0.3, 0.4) is 0 Å². The predicted molar refractivity (Wildman–Crippen MR) is 145 cm³/mol. The minimum atomic E-state index is -4.00. The highest BCUT2D eigenvalue weighted by Gasteiger charge is 2.31. The number of sulfonamides is 1. The molecule has 1 atom stereocenters. The summed E-state index contributed by atoms with van der Waals surface area (Å²) in [6, 6.07) is 12.2. The lowest BCUT2D eigenvalue weighted by atomic mass is 10.1. The van der Waals surface area contributed by atoms with Crippen LogP contribution in [0.25, 0.3) is 0 Å². The second kappa shape index (κ2) is 12.5. The van der Waals surface area contributed by atoms with Gasteiger partial charge in [-0.2, -0.15) is 9.57 Å². The Hall–Kier alpha value is -3.00. The van der Waals surface area contributed by atoms with Crippen LogP contribution >= 0.6 is 0 Å². The molecule has 1 fully saturated rings. The van der Waals surface area contributed by atoms with E-state index in [9.17, 15) is 23.8 Å². The first-order valence-corrected chi connectivity index (χ1v) is 14.3. The number of unbranched alkanes of at least 4 members (excludes halogenated alkanes) is 1. The van der Waals surface area contributed by atoms with Crippen molar-refractivity contribution >= 4 is 21.4 Å². The molecule has 1 aliphatic heterocycles. The molecule has 0 radical (unpaired) electrons. The molecule has 0 amide bonds. The van der Waals surface area contributed by atoms with Gasteiger partial charge in [0.1, 0.15) is 4.90 Å². The fourth-order valence-corrected chi connectivity index (χ4v) is 6.37. The number of nitriles is 1. The lowest BCUT2D eigenvalue weighted by molar-refractivity contribution is -0.385. The lowest BCUT2D eigenvalue weighted by Gasteiger charge is -2.25. The van der Waals surface area contributed by atoms with Gasteiger partial charge in [-0.25, -0.2) is 8.42 Å². The first-order chi connectivity index (χ1) is 17.6. The van der Waals surface area contributed by atoms with Gasteiger partial charge in [-0.05, 0) is 69.8 Å². The average Bonchev–Trinajstić information content (AvgIpc) is 3.35. The van der Waals surface area contributed by atoms with Crippen molar-refractivity contribution in [3.8, 4) is 6.07 Å². The molecule has 0 bridgehead atoms. The van der Waals surface area contributed by atoms with E-state index in [1.807, 2.05) is 6.92 Å². The molecule has 1 saturated heterocycles. The summed E-state index contributed by atoms with van der Waals surface area (Å²) in [6.45, 7) is 10.7. The average molecular weight is 528 g/mol. The zero-order valence-electron chi connectivity index (χ0n) is 22.1. The van der Waals surface area contributed by atoms with Gasteiger partial charge in [0.25, 0.3) is 5.69 Å². The maximum absolute atomic E-state index is 14.0. The molecule has 1 aliphatic rings. The van der Waals surface area contributed by atoms with Gasteiger partial charge in [0.05, 0.1) is 22.2 Å². The van der Waals surface area contributed by atoms with Crippen molar-refractivity contribution in [2.45, 2.75) is 64.4 Å². The third-order valence-electron chi connectivity index (χ3n) is 6.92. The van der Waals surface area contributed by atoms with Gasteiger partial charge in [-0.3, -0.25) is 10.1 Å². The number of likely N-dealkylation sites (tertiary alicyclic amines) is 1. The molecule has 3 rings (SSSR count). The Morgan fingerprint density at radius 3 is 2.68 bits per heavy atom. The summed E-state index contributed by atoms with van der Waals surface area (Å²) in [4.78, 5) is 13.6. The molecule has 0 aromatic heterocycles. The first kappa shape index (κ1) is 28.6. The van der Waals surface area contributed by atoms with Crippen LogP contribution in [0, 0.1) is 34.3 Å². The van der Waals surface area contributed by atoms with Gasteiger partial charge in [0, 0.05) is 43.9 Å². The third-order valence-corrected chi connectivity index (χ3v) is 8.80. The van der Waals surface area contributed by atoms with Crippen molar-refractivity contribution in [3.63, 3.8) is 0 Å². The van der Waals surface area contributed by atoms with E-state index >= 15 is 0 Å². The first-order valence-electron chi connectivity index (χ1n) is 12.8. The van der Waals surface area contributed by atoms with Crippen molar-refractivity contribution in [2.24, 2.45) is 5.92 Å². The Morgan fingerprint density at radius 2 is 2.05 bits per heavy atom. The SMILES string of the molecule is CCCCN(Cc1cccc(C#N)c1)S(=O)(=O)c1cc(C)c([N+](=O)[O-])cc1NCC1CCN(C(C)C)C1. The van der Waals surface area contributed by atoms with Gasteiger partial charge in [0.2, 0.25) is 10.0 Å². The Labute approximate surface area is 220 Å². The summed E-state index contributed by atoms with van der Waals surface area (Å²) in [5.41, 5.74) is 1.62. The maximum Gasteiger partial charge on any atom is 0.274 e. The molecular weight excluding hydrogens is 490 g/mol. The van der Waals surface area contributed by atoms with E-state index in [1.54, 1.807) is 31.2 Å². The highest BCUT2D eigenvalue weighted by molar-refractivity contribution is 7.89. The van der Waals surface area contributed by atoms with Crippen LogP contribution in [0.4, 0.5) is 11.4 Å². The number of nitro groups is 1. The standard InChI is InChI=1S/C27H37N5O4S/c1-5-6-11-31(19-23-9-7-8-22(14-23)16-28)37(35,36)27-13-21(4)26(32(33)34)15-25(27)29-17-24-10-12-30(18-24)20(2)3/h7-9,13-15,20,24,29H,5-6,10-12,17-19H2,1-4H3. The number of rotatable bonds is 12. The van der Waals surface area contributed by atoms with Crippen LogP contribution in [-0.2, 0) is 16.6 Å². The molecule has 1 unspecified atom stereocenters. The summed E-state index contributed by atoms with van der Waals surface area (Å²) in [5, 5.41) is 24.2. The molecule has 0 saturated carbocycles. The fraction of sp³-hybridized carbons (Fsp3) is 0.519. The summed E-state index contributed by atoms with van der Waals surface area (Å²) in [6.07, 6.45) is 2.46. The largest absolute Gasteiger partial charge is 0.383 e. The molecule has 1 N–H and O–H groups in total. The van der Waals surface area contributed by atoms with E-state index < -0.39 is 14.9 Å². The van der Waals surface area contributed by atoms with Crippen LogP contribution in [0.5, 0.6) is 0 Å². The van der Waals surface area contributed by atoms with E-state index in [0.717, 1.165) is 25.9 Å². The number of aryl methyl sites for hydroxylation is 1. The monoisotopic (exact) mass is 527 g/mol. The maximum atomic E-state index is 14.0. The molecule has 37 heavy (non-hydrogen) atoms. The van der Waals surface area contributed by atoms with Crippen molar-refractivity contribution in [3.05, 3.63) is 63.2 Å². The van der Waals surface area contributed by atoms with Crippen LogP contribution in [0.2, 0.25) is 0 Å². The zero-order chi connectivity index (χ0) is 27.2. The smallest absolute Gasteiger partial charge is 0.274 e. The number of nitro benzene ring substituents is 1. The summed E-state index contributed by atoms with van der Waals surface area (Å²) >= 11 is 0. The van der Waals surface area contributed by atoms with E-state index in [1.165, 1.54) is 16.4 Å². The second-order valence-electron chi connectivity index (χ2n) is 10.0. The van der Waals surface area contributed by atoms with Gasteiger partial charge >= 0.3 is 0 Å². The lowest BCUT2D eigenvalue weighted by Crippen LogP contribution is -2.32. The van der Waals surface area contributed by atoms with Gasteiger partial charge in [-0.1, -0.05) is 25.5 Å². The highest BCUT2D eigenvalue weighted by atomic mass is 32.2. The summed E-state index contributed by atoms with van der Waals surface area (Å²) in [7, 11) is -4.00. The van der Waals surface area contributed by atoms with Crippen molar-refractivity contribution in [2.75, 3.05) is 31.5 Å². The van der Waals surface area contributed by atoms with Gasteiger partial charge < -0.3 is 10.2 Å². The number of nitrogens with one attached hydrogen (secondary N) is 1. The van der Waals surface area contributed by atoms with Gasteiger partial charge in [-0.15, -0.1) is 0 Å². The van der Waals surface area contributed by atoms with Crippen LogP contribution in [0.15, 0.2) is 41.3 Å². The van der Waals surface area contributed by atoms with E-state index in [0.29, 0.717) is 48.2 Å². The normalized spacial score (nSPS) is 16.3. The van der Waals surface area contributed by atoms with E-state index in [2.05, 4.69) is 30.1 Å². The fourth-order valence-electron chi connectivity index (χ4n) is 4.67. The number of hydrogen-bond acceptors (Lipinski definition) is 7. The van der Waals surface area contributed by atoms with Crippen molar-refractivity contribution in [1.82, 2.24) is 9.21 Å². The topological polar surface area (TPSA) is 120 Å². The number of nitrogens with zero attached hydrogens (tertiary/aromatic N) is 4.